The van der Waals surface area contributed by atoms with Crippen LogP contribution in [0.1, 0.15) is 11.1 Å². The fourth-order valence-corrected chi connectivity index (χ4v) is 1.44. The van der Waals surface area contributed by atoms with Crippen LogP contribution < -0.4 is 9.92 Å². The van der Waals surface area contributed by atoms with Crippen LogP contribution in [0.4, 0.5) is 5.69 Å². The molecule has 6 heteroatoms. The van der Waals surface area contributed by atoms with E-state index in [4.69, 9.17) is 10.3 Å². The van der Waals surface area contributed by atoms with E-state index in [-0.39, 0.29) is 5.75 Å². The summed E-state index contributed by atoms with van der Waals surface area (Å²) in [6, 6.07) is 2.88. The predicted molar refractivity (Wildman–Crippen MR) is 52.5 cm³/mol. The van der Waals surface area contributed by atoms with E-state index in [0.717, 1.165) is 0 Å². The van der Waals surface area contributed by atoms with Crippen molar-refractivity contribution in [2.75, 3.05) is 5.73 Å². The first-order valence-electron chi connectivity index (χ1n) is 3.83. The van der Waals surface area contributed by atoms with Gasteiger partial charge in [-0.2, -0.15) is 8.42 Å². The van der Waals surface area contributed by atoms with Gasteiger partial charge in [0, 0.05) is 5.69 Å². The smallest absolute Gasteiger partial charge is 0.398 e. The Kier molecular flexibility index (Phi) is 2.68. The van der Waals surface area contributed by atoms with E-state index in [1.807, 2.05) is 0 Å². The largest absolute Gasteiger partial charge is 0.446 e. The van der Waals surface area contributed by atoms with E-state index in [1.165, 1.54) is 12.1 Å². The molecule has 1 rings (SSSR count). The zero-order chi connectivity index (χ0) is 10.9. The molecule has 0 heterocycles. The van der Waals surface area contributed by atoms with Crippen molar-refractivity contribution in [3.63, 3.8) is 0 Å². The van der Waals surface area contributed by atoms with Gasteiger partial charge in [-0.1, -0.05) is 0 Å². The van der Waals surface area contributed by atoms with Crippen molar-refractivity contribution in [1.29, 1.82) is 0 Å². The Morgan fingerprint density at radius 1 is 1.29 bits per heavy atom. The Morgan fingerprint density at radius 3 is 2.07 bits per heavy atom. The van der Waals surface area contributed by atoms with Crippen LogP contribution in [0.15, 0.2) is 12.1 Å². The molecule has 1 aromatic carbocycles. The van der Waals surface area contributed by atoms with E-state index in [1.54, 1.807) is 13.8 Å². The summed E-state index contributed by atoms with van der Waals surface area (Å²) >= 11 is 0. The third kappa shape index (κ3) is 2.61. The van der Waals surface area contributed by atoms with Gasteiger partial charge in [0.25, 0.3) is 0 Å². The summed E-state index contributed by atoms with van der Waals surface area (Å²) in [4.78, 5) is 0. The number of aryl methyl sites for hydroxylation is 2. The van der Waals surface area contributed by atoms with Crippen LogP contribution in [0, 0.1) is 13.8 Å². The SMILES string of the molecule is Cc1cc(OS(=O)(=O)O)cc(C)c1N. The van der Waals surface area contributed by atoms with Crippen molar-refractivity contribution in [2.24, 2.45) is 0 Å². The fraction of sp³-hybridized carbons (Fsp3) is 0.250. The number of rotatable bonds is 2. The van der Waals surface area contributed by atoms with Crippen LogP contribution in [0.3, 0.4) is 0 Å². The number of nitrogen functional groups attached to an aromatic ring is 1. The van der Waals surface area contributed by atoms with Crippen LogP contribution in [0.2, 0.25) is 0 Å². The molecule has 5 nitrogen and oxygen atoms in total. The van der Waals surface area contributed by atoms with Gasteiger partial charge in [-0.3, -0.25) is 4.55 Å². The molecule has 14 heavy (non-hydrogen) atoms. The number of hydrogen-bond acceptors (Lipinski definition) is 4. The molecule has 0 aliphatic heterocycles. The summed E-state index contributed by atoms with van der Waals surface area (Å²) in [5.41, 5.74) is 7.62. The highest BCUT2D eigenvalue weighted by atomic mass is 32.3. The Morgan fingerprint density at radius 2 is 1.71 bits per heavy atom. The highest BCUT2D eigenvalue weighted by Gasteiger charge is 2.09. The average molecular weight is 217 g/mol. The molecular formula is C8H11NO4S. The summed E-state index contributed by atoms with van der Waals surface area (Å²) in [6.07, 6.45) is 0. The van der Waals surface area contributed by atoms with Gasteiger partial charge >= 0.3 is 10.4 Å². The maximum absolute atomic E-state index is 10.4. The molecule has 0 unspecified atom stereocenters. The van der Waals surface area contributed by atoms with Gasteiger partial charge in [-0.25, -0.2) is 0 Å². The molecule has 0 aliphatic rings. The minimum atomic E-state index is -4.46. The van der Waals surface area contributed by atoms with Crippen LogP contribution in [-0.2, 0) is 10.4 Å². The molecule has 0 spiro atoms. The van der Waals surface area contributed by atoms with Crippen molar-refractivity contribution in [1.82, 2.24) is 0 Å². The normalized spacial score (nSPS) is 11.4. The molecule has 0 fully saturated rings. The quantitative estimate of drug-likeness (QED) is 0.571. The van der Waals surface area contributed by atoms with Crippen LogP contribution in [0.25, 0.3) is 0 Å². The molecule has 0 aliphatic carbocycles. The van der Waals surface area contributed by atoms with E-state index >= 15 is 0 Å². The first-order chi connectivity index (χ1) is 6.29. The van der Waals surface area contributed by atoms with Gasteiger partial charge in [0.15, 0.2) is 0 Å². The monoisotopic (exact) mass is 217 g/mol. The Labute approximate surface area is 82.5 Å². The summed E-state index contributed by atoms with van der Waals surface area (Å²) in [5.74, 6) is 0.0525. The molecule has 0 amide bonds. The maximum Gasteiger partial charge on any atom is 0.446 e. The molecule has 78 valence electrons. The van der Waals surface area contributed by atoms with E-state index in [2.05, 4.69) is 4.18 Å². The molecule has 0 saturated carbocycles. The highest BCUT2D eigenvalue weighted by Crippen LogP contribution is 2.24. The third-order valence-electron chi connectivity index (χ3n) is 1.77. The Balaban J connectivity index is 3.14. The average Bonchev–Trinajstić information content (AvgIpc) is 1.96. The van der Waals surface area contributed by atoms with E-state index in [9.17, 15) is 8.42 Å². The van der Waals surface area contributed by atoms with Crippen LogP contribution in [-0.4, -0.2) is 13.0 Å². The number of hydrogen-bond donors (Lipinski definition) is 2. The van der Waals surface area contributed by atoms with Crippen molar-refractivity contribution in [3.05, 3.63) is 23.3 Å². The maximum atomic E-state index is 10.4. The topological polar surface area (TPSA) is 89.6 Å². The van der Waals surface area contributed by atoms with Crippen molar-refractivity contribution < 1.29 is 17.2 Å². The highest BCUT2D eigenvalue weighted by molar-refractivity contribution is 7.81. The number of anilines is 1. The zero-order valence-corrected chi connectivity index (χ0v) is 8.63. The van der Waals surface area contributed by atoms with Gasteiger partial charge < -0.3 is 9.92 Å². The van der Waals surface area contributed by atoms with Gasteiger partial charge in [0.2, 0.25) is 0 Å². The second kappa shape index (κ2) is 3.47. The van der Waals surface area contributed by atoms with Gasteiger partial charge in [-0.15, -0.1) is 0 Å². The molecule has 0 radical (unpaired) electrons. The molecule has 0 atom stereocenters. The first kappa shape index (κ1) is 10.8. The molecular weight excluding hydrogens is 206 g/mol. The van der Waals surface area contributed by atoms with Gasteiger partial charge in [0.05, 0.1) is 0 Å². The van der Waals surface area contributed by atoms with Crippen molar-refractivity contribution >= 4 is 16.1 Å². The predicted octanol–water partition coefficient (Wildman–Crippen LogP) is 1.07. The van der Waals surface area contributed by atoms with Gasteiger partial charge in [0.1, 0.15) is 5.75 Å². The van der Waals surface area contributed by atoms with Crippen LogP contribution in [0.5, 0.6) is 5.75 Å². The summed E-state index contributed by atoms with van der Waals surface area (Å²) in [5, 5.41) is 0. The first-order valence-corrected chi connectivity index (χ1v) is 5.20. The van der Waals surface area contributed by atoms with Crippen LogP contribution >= 0.6 is 0 Å². The van der Waals surface area contributed by atoms with E-state index < -0.39 is 10.4 Å². The molecule has 0 bridgehead atoms. The minimum absolute atomic E-state index is 0.0525. The lowest BCUT2D eigenvalue weighted by Gasteiger charge is -2.07. The van der Waals surface area contributed by atoms with Crippen molar-refractivity contribution in [3.8, 4) is 5.75 Å². The summed E-state index contributed by atoms with van der Waals surface area (Å²) in [7, 11) is -4.46. The van der Waals surface area contributed by atoms with Crippen molar-refractivity contribution in [2.45, 2.75) is 13.8 Å². The Bertz CT molecular complexity index is 429. The molecule has 0 aromatic heterocycles. The van der Waals surface area contributed by atoms with E-state index in [0.29, 0.717) is 16.8 Å². The summed E-state index contributed by atoms with van der Waals surface area (Å²) in [6.45, 7) is 3.44. The standard InChI is InChI=1S/C8H11NO4S/c1-5-3-7(13-14(10,11)12)4-6(2)8(5)9/h3-4H,9H2,1-2H3,(H,10,11,12). The fourth-order valence-electron chi connectivity index (χ4n) is 1.10. The van der Waals surface area contributed by atoms with Gasteiger partial charge in [-0.05, 0) is 37.1 Å². The number of nitrogens with two attached hydrogens (primary N) is 1. The minimum Gasteiger partial charge on any atom is -0.398 e. The summed E-state index contributed by atoms with van der Waals surface area (Å²) < 4.78 is 33.6. The molecule has 0 saturated heterocycles. The number of benzene rings is 1. The lowest BCUT2D eigenvalue weighted by Crippen LogP contribution is -2.07. The second-order valence-corrected chi connectivity index (χ2v) is 4.00. The lowest BCUT2D eigenvalue weighted by molar-refractivity contribution is 0.386. The molecule has 1 aromatic rings. The second-order valence-electron chi connectivity index (χ2n) is 2.98. The third-order valence-corrected chi connectivity index (χ3v) is 2.17. The Hall–Kier alpha value is -1.27. The molecule has 3 N–H and O–H groups in total. The lowest BCUT2D eigenvalue weighted by atomic mass is 10.1. The zero-order valence-electron chi connectivity index (χ0n) is 7.81.